The number of esters is 2. The van der Waals surface area contributed by atoms with E-state index in [1.165, 1.54) is 35.4 Å². The molecule has 2 heterocycles. The predicted octanol–water partition coefficient (Wildman–Crippen LogP) is 2.58. The third kappa shape index (κ3) is 5.14. The monoisotopic (exact) mass is 479 g/mol. The SMILES string of the molecule is COC(=O)C1=C(C(=O)OC)N(c2ccc(C(=O)N3CCN(C)CC3)c(C(F)(F)F)c2)C=CC=C1. The van der Waals surface area contributed by atoms with Gasteiger partial charge in [-0.3, -0.25) is 4.79 Å². The van der Waals surface area contributed by atoms with Crippen LogP contribution in [0.25, 0.3) is 0 Å². The lowest BCUT2D eigenvalue weighted by Gasteiger charge is -2.33. The standard InChI is InChI=1S/C23H24F3N3O5/c1-27-10-12-28(13-11-27)20(30)16-8-7-15(14-18(16)23(24,25)26)29-9-5-4-6-17(21(31)33-2)19(29)22(32)34-3/h4-9,14H,10-13H2,1-3H3. The molecule has 2 aliphatic heterocycles. The molecule has 8 nitrogen and oxygen atoms in total. The van der Waals surface area contributed by atoms with Crippen molar-refractivity contribution in [2.75, 3.05) is 52.3 Å². The number of methoxy groups -OCH3 is 2. The van der Waals surface area contributed by atoms with Crippen LogP contribution in [0.2, 0.25) is 0 Å². The summed E-state index contributed by atoms with van der Waals surface area (Å²) in [4.78, 5) is 42.2. The van der Waals surface area contributed by atoms with Gasteiger partial charge in [0.05, 0.1) is 30.9 Å². The van der Waals surface area contributed by atoms with E-state index in [4.69, 9.17) is 9.47 Å². The molecule has 0 bridgehead atoms. The van der Waals surface area contributed by atoms with Gasteiger partial charge in [-0.2, -0.15) is 13.2 Å². The summed E-state index contributed by atoms with van der Waals surface area (Å²) in [6.45, 7) is 1.74. The maximum Gasteiger partial charge on any atom is 0.417 e. The Balaban J connectivity index is 2.11. The number of hydrogen-bond donors (Lipinski definition) is 0. The number of halogens is 3. The van der Waals surface area contributed by atoms with Gasteiger partial charge in [-0.05, 0) is 37.4 Å². The fourth-order valence-corrected chi connectivity index (χ4v) is 3.65. The summed E-state index contributed by atoms with van der Waals surface area (Å²) < 4.78 is 51.6. The summed E-state index contributed by atoms with van der Waals surface area (Å²) in [5.74, 6) is -2.55. The lowest BCUT2D eigenvalue weighted by atomic mass is 10.0. The van der Waals surface area contributed by atoms with Crippen LogP contribution in [0.1, 0.15) is 15.9 Å². The van der Waals surface area contributed by atoms with E-state index >= 15 is 0 Å². The number of likely N-dealkylation sites (N-methyl/N-ethyl adjacent to an activating group) is 1. The van der Waals surface area contributed by atoms with Crippen LogP contribution < -0.4 is 4.90 Å². The van der Waals surface area contributed by atoms with Crippen LogP contribution in [-0.4, -0.2) is 75.1 Å². The minimum atomic E-state index is -4.85. The molecule has 11 heteroatoms. The number of piperazine rings is 1. The highest BCUT2D eigenvalue weighted by Crippen LogP contribution is 2.37. The van der Waals surface area contributed by atoms with E-state index in [-0.39, 0.29) is 17.0 Å². The van der Waals surface area contributed by atoms with Crippen molar-refractivity contribution in [2.24, 2.45) is 0 Å². The highest BCUT2D eigenvalue weighted by Gasteiger charge is 2.38. The molecule has 2 aliphatic rings. The van der Waals surface area contributed by atoms with Crippen LogP contribution >= 0.6 is 0 Å². The number of nitrogens with zero attached hydrogens (tertiary/aromatic N) is 3. The molecule has 1 fully saturated rings. The van der Waals surface area contributed by atoms with Crippen molar-refractivity contribution in [3.63, 3.8) is 0 Å². The average molecular weight is 479 g/mol. The van der Waals surface area contributed by atoms with Gasteiger partial charge in [-0.15, -0.1) is 0 Å². The van der Waals surface area contributed by atoms with Gasteiger partial charge in [-0.25, -0.2) is 9.59 Å². The Kier molecular flexibility index (Phi) is 7.45. The number of ether oxygens (including phenoxy) is 2. The zero-order chi connectivity index (χ0) is 25.0. The first-order valence-electron chi connectivity index (χ1n) is 10.3. The summed E-state index contributed by atoms with van der Waals surface area (Å²) in [5.41, 5.74) is -2.27. The Hall–Kier alpha value is -3.60. The summed E-state index contributed by atoms with van der Waals surface area (Å²) in [5, 5.41) is 0. The number of carbonyl (C=O) groups excluding carboxylic acids is 3. The van der Waals surface area contributed by atoms with Crippen LogP contribution in [0.3, 0.4) is 0 Å². The molecule has 0 atom stereocenters. The largest absolute Gasteiger partial charge is 0.465 e. The van der Waals surface area contributed by atoms with Crippen molar-refractivity contribution in [3.05, 3.63) is 65.0 Å². The molecule has 0 aromatic heterocycles. The van der Waals surface area contributed by atoms with Crippen LogP contribution in [0.5, 0.6) is 0 Å². The number of carbonyl (C=O) groups is 3. The van der Waals surface area contributed by atoms with Crippen molar-refractivity contribution in [1.29, 1.82) is 0 Å². The maximum atomic E-state index is 14.0. The zero-order valence-electron chi connectivity index (χ0n) is 18.9. The zero-order valence-corrected chi connectivity index (χ0v) is 18.9. The second-order valence-corrected chi connectivity index (χ2v) is 7.64. The molecule has 1 aromatic rings. The van der Waals surface area contributed by atoms with E-state index in [2.05, 4.69) is 0 Å². The van der Waals surface area contributed by atoms with Gasteiger partial charge in [0, 0.05) is 38.1 Å². The topological polar surface area (TPSA) is 79.4 Å². The molecule has 0 aliphatic carbocycles. The van der Waals surface area contributed by atoms with E-state index in [0.29, 0.717) is 26.2 Å². The highest BCUT2D eigenvalue weighted by molar-refractivity contribution is 6.05. The first-order valence-corrected chi connectivity index (χ1v) is 10.3. The van der Waals surface area contributed by atoms with Gasteiger partial charge >= 0.3 is 18.1 Å². The summed E-state index contributed by atoms with van der Waals surface area (Å²) in [6, 6.07) is 3.14. The Morgan fingerprint density at radius 1 is 0.941 bits per heavy atom. The van der Waals surface area contributed by atoms with Crippen molar-refractivity contribution < 1.29 is 37.0 Å². The normalized spacial score (nSPS) is 17.0. The molecule has 0 unspecified atom stereocenters. The molecule has 1 aromatic carbocycles. The molecule has 1 amide bonds. The van der Waals surface area contributed by atoms with E-state index in [9.17, 15) is 27.6 Å². The van der Waals surface area contributed by atoms with Crippen LogP contribution in [-0.2, 0) is 25.2 Å². The van der Waals surface area contributed by atoms with Crippen molar-refractivity contribution in [2.45, 2.75) is 6.18 Å². The maximum absolute atomic E-state index is 14.0. The van der Waals surface area contributed by atoms with Crippen molar-refractivity contribution >= 4 is 23.5 Å². The van der Waals surface area contributed by atoms with Gasteiger partial charge in [0.15, 0.2) is 0 Å². The van der Waals surface area contributed by atoms with E-state index in [1.54, 1.807) is 0 Å². The Labute approximate surface area is 194 Å². The molecular formula is C23H24F3N3O5. The average Bonchev–Trinajstić information content (AvgIpc) is 3.05. The molecule has 182 valence electrons. The van der Waals surface area contributed by atoms with Gasteiger partial charge in [0.2, 0.25) is 0 Å². The predicted molar refractivity (Wildman–Crippen MR) is 117 cm³/mol. The number of benzene rings is 1. The first kappa shape index (κ1) is 25.0. The first-order chi connectivity index (χ1) is 16.1. The molecule has 0 N–H and O–H groups in total. The third-order valence-electron chi connectivity index (χ3n) is 5.50. The molecular weight excluding hydrogens is 455 g/mol. The van der Waals surface area contributed by atoms with Crippen molar-refractivity contribution in [1.82, 2.24) is 9.80 Å². The van der Waals surface area contributed by atoms with Crippen LogP contribution in [0, 0.1) is 0 Å². The number of rotatable bonds is 4. The lowest BCUT2D eigenvalue weighted by Crippen LogP contribution is -2.47. The minimum absolute atomic E-state index is 0.0935. The fourth-order valence-electron chi connectivity index (χ4n) is 3.65. The van der Waals surface area contributed by atoms with Gasteiger partial charge < -0.3 is 24.2 Å². The Bertz CT molecular complexity index is 1070. The molecule has 0 spiro atoms. The van der Waals surface area contributed by atoms with E-state index in [1.807, 2.05) is 11.9 Å². The molecule has 34 heavy (non-hydrogen) atoms. The van der Waals surface area contributed by atoms with Crippen LogP contribution in [0.15, 0.2) is 53.9 Å². The van der Waals surface area contributed by atoms with Gasteiger partial charge in [0.25, 0.3) is 5.91 Å². The quantitative estimate of drug-likeness (QED) is 0.615. The van der Waals surface area contributed by atoms with Crippen LogP contribution in [0.4, 0.5) is 18.9 Å². The lowest BCUT2D eigenvalue weighted by molar-refractivity contribution is -0.139. The van der Waals surface area contributed by atoms with E-state index in [0.717, 1.165) is 31.3 Å². The second kappa shape index (κ2) is 10.1. The fraction of sp³-hybridized carbons (Fsp3) is 0.348. The van der Waals surface area contributed by atoms with Gasteiger partial charge in [0.1, 0.15) is 5.70 Å². The number of alkyl halides is 3. The Morgan fingerprint density at radius 2 is 1.59 bits per heavy atom. The second-order valence-electron chi connectivity index (χ2n) is 7.64. The number of allylic oxidation sites excluding steroid dienone is 2. The summed E-state index contributed by atoms with van der Waals surface area (Å²) >= 11 is 0. The molecule has 0 saturated carbocycles. The third-order valence-corrected chi connectivity index (χ3v) is 5.50. The summed E-state index contributed by atoms with van der Waals surface area (Å²) in [6.07, 6.45) is 0.642. The van der Waals surface area contributed by atoms with Gasteiger partial charge in [-0.1, -0.05) is 6.08 Å². The Morgan fingerprint density at radius 3 is 2.18 bits per heavy atom. The number of amides is 1. The minimum Gasteiger partial charge on any atom is -0.465 e. The molecule has 1 saturated heterocycles. The molecule has 0 radical (unpaired) electrons. The number of anilines is 1. The number of hydrogen-bond acceptors (Lipinski definition) is 7. The smallest absolute Gasteiger partial charge is 0.417 e. The van der Waals surface area contributed by atoms with E-state index < -0.39 is 35.1 Å². The summed E-state index contributed by atoms with van der Waals surface area (Å²) in [7, 11) is 4.07. The highest BCUT2D eigenvalue weighted by atomic mass is 19.4. The molecule has 3 rings (SSSR count). The van der Waals surface area contributed by atoms with Crippen molar-refractivity contribution in [3.8, 4) is 0 Å².